The predicted octanol–water partition coefficient (Wildman–Crippen LogP) is 6.77. The van der Waals surface area contributed by atoms with Gasteiger partial charge in [-0.3, -0.25) is 4.79 Å². The molecule has 2 aromatic heterocycles. The minimum absolute atomic E-state index is 0.141. The van der Waals surface area contributed by atoms with E-state index >= 15 is 0 Å². The van der Waals surface area contributed by atoms with E-state index in [1.165, 1.54) is 50.3 Å². The molecule has 1 aromatic carbocycles. The number of carbonyl (C=O) groups excluding carboxylic acids is 1. The van der Waals surface area contributed by atoms with Crippen LogP contribution >= 0.6 is 11.8 Å². The van der Waals surface area contributed by atoms with Crippen LogP contribution < -0.4 is 4.90 Å². The zero-order chi connectivity index (χ0) is 25.6. The molecule has 1 fully saturated rings. The molecule has 0 atom stereocenters. The van der Waals surface area contributed by atoms with Crippen molar-refractivity contribution in [3.8, 4) is 0 Å². The number of ketones is 1. The van der Waals surface area contributed by atoms with Crippen LogP contribution in [-0.2, 0) is 4.79 Å². The summed E-state index contributed by atoms with van der Waals surface area (Å²) in [5.41, 5.74) is 1.00. The summed E-state index contributed by atoms with van der Waals surface area (Å²) in [4.78, 5) is 29.2. The Labute approximate surface area is 215 Å². The number of fused-ring (bicyclic) bond motifs is 1. The number of aromatic nitrogens is 4. The van der Waals surface area contributed by atoms with Crippen molar-refractivity contribution < 1.29 is 4.79 Å². The molecule has 2 heterocycles. The van der Waals surface area contributed by atoms with Crippen LogP contribution in [0, 0.1) is 18.8 Å². The van der Waals surface area contributed by atoms with Crippen LogP contribution in [0.1, 0.15) is 65.1 Å². The smallest absolute Gasteiger partial charge is 0.187 e. The second-order valence-electron chi connectivity index (χ2n) is 9.44. The molecular formula is C28H41N5OS. The number of nitrogens with zero attached hydrogens (tertiary/aromatic N) is 5. The molecule has 0 unspecified atom stereocenters. The zero-order valence-corrected chi connectivity index (χ0v) is 23.0. The summed E-state index contributed by atoms with van der Waals surface area (Å²) in [7, 11) is 3.99. The molecule has 0 amide bonds. The lowest BCUT2D eigenvalue weighted by Gasteiger charge is -2.25. The average molecular weight is 496 g/mol. The highest BCUT2D eigenvalue weighted by molar-refractivity contribution is 7.99. The normalized spacial score (nSPS) is 17.0. The number of benzene rings is 1. The molecule has 0 spiro atoms. The van der Waals surface area contributed by atoms with Crippen molar-refractivity contribution in [1.29, 1.82) is 0 Å². The molecule has 1 saturated carbocycles. The predicted molar refractivity (Wildman–Crippen MR) is 148 cm³/mol. The molecule has 0 N–H and O–H groups in total. The summed E-state index contributed by atoms with van der Waals surface area (Å²) in [6, 6.07) is 9.81. The van der Waals surface area contributed by atoms with Gasteiger partial charge in [0.05, 0.1) is 11.3 Å². The lowest BCUT2D eigenvalue weighted by molar-refractivity contribution is -0.114. The fourth-order valence-electron chi connectivity index (χ4n) is 4.07. The van der Waals surface area contributed by atoms with Gasteiger partial charge >= 0.3 is 0 Å². The van der Waals surface area contributed by atoms with Crippen LogP contribution in [0.5, 0.6) is 0 Å². The van der Waals surface area contributed by atoms with E-state index in [1.54, 1.807) is 25.4 Å². The third kappa shape index (κ3) is 10.7. The van der Waals surface area contributed by atoms with Gasteiger partial charge in [0.15, 0.2) is 5.16 Å². The van der Waals surface area contributed by atoms with E-state index in [4.69, 9.17) is 0 Å². The summed E-state index contributed by atoms with van der Waals surface area (Å²) in [6.45, 7) is 8.16. The third-order valence-electron chi connectivity index (χ3n) is 5.90. The number of rotatable bonds is 6. The Bertz CT molecular complexity index is 1020. The standard InChI is InChI=1S/C11H13N3.C10H20.C7H8N2OS/c1-8-12-10-7-5-4-6-9(10)11(13-8)14(2)3;1-3-4-10-7-5-9(2)6-8-10;1-6(10)5-11-7-8-3-2-4-9-7/h4-7H,1-3H3;9-10H,3-8H2,1-2H3;2-4H,5H2,1H3. The van der Waals surface area contributed by atoms with E-state index in [9.17, 15) is 4.79 Å². The van der Waals surface area contributed by atoms with E-state index in [-0.39, 0.29) is 5.78 Å². The van der Waals surface area contributed by atoms with Crippen LogP contribution in [0.4, 0.5) is 5.82 Å². The average Bonchev–Trinajstić information content (AvgIpc) is 2.85. The highest BCUT2D eigenvalue weighted by Gasteiger charge is 2.16. The Hall–Kier alpha value is -2.54. The summed E-state index contributed by atoms with van der Waals surface area (Å²) < 4.78 is 0. The highest BCUT2D eigenvalue weighted by Crippen LogP contribution is 2.30. The molecule has 3 aromatic rings. The quantitative estimate of drug-likeness (QED) is 0.276. The fraction of sp³-hybridized carbons (Fsp3) is 0.536. The van der Waals surface area contributed by atoms with Gasteiger partial charge in [0.25, 0.3) is 0 Å². The maximum atomic E-state index is 10.5. The fourth-order valence-corrected chi connectivity index (χ4v) is 4.67. The van der Waals surface area contributed by atoms with Crippen molar-refractivity contribution in [2.24, 2.45) is 11.8 Å². The molecule has 1 aliphatic rings. The van der Waals surface area contributed by atoms with Crippen molar-refractivity contribution in [2.75, 3.05) is 24.7 Å². The Morgan fingerprint density at radius 2 is 1.69 bits per heavy atom. The van der Waals surface area contributed by atoms with E-state index in [2.05, 4.69) is 33.8 Å². The zero-order valence-electron chi connectivity index (χ0n) is 22.2. The lowest BCUT2D eigenvalue weighted by Crippen LogP contribution is -2.12. The van der Waals surface area contributed by atoms with Gasteiger partial charge in [-0.1, -0.05) is 76.3 Å². The number of hydrogen-bond acceptors (Lipinski definition) is 7. The summed E-state index contributed by atoms with van der Waals surface area (Å²) in [6.07, 6.45) is 12.2. The van der Waals surface area contributed by atoms with Gasteiger partial charge in [0, 0.05) is 31.9 Å². The first-order valence-electron chi connectivity index (χ1n) is 12.6. The summed E-state index contributed by atoms with van der Waals surface area (Å²) in [5.74, 6) is 4.49. The highest BCUT2D eigenvalue weighted by atomic mass is 32.2. The molecule has 0 bridgehead atoms. The number of Topliss-reactive ketones (excluding diaryl/α,β-unsaturated/α-hetero) is 1. The molecule has 7 heteroatoms. The molecule has 1 aliphatic carbocycles. The number of thioether (sulfide) groups is 1. The Kier molecular flexibility index (Phi) is 12.7. The van der Waals surface area contributed by atoms with Gasteiger partial charge in [-0.2, -0.15) is 0 Å². The molecule has 190 valence electrons. The first-order chi connectivity index (χ1) is 16.8. The van der Waals surface area contributed by atoms with E-state index in [1.807, 2.05) is 50.2 Å². The van der Waals surface area contributed by atoms with Crippen LogP contribution in [0.2, 0.25) is 0 Å². The number of aryl methyl sites for hydroxylation is 1. The van der Waals surface area contributed by atoms with Gasteiger partial charge in [-0.05, 0) is 43.9 Å². The second kappa shape index (κ2) is 15.5. The van der Waals surface area contributed by atoms with Gasteiger partial charge in [0.2, 0.25) is 0 Å². The van der Waals surface area contributed by atoms with Gasteiger partial charge < -0.3 is 4.90 Å². The topological polar surface area (TPSA) is 71.9 Å². The first kappa shape index (κ1) is 28.7. The first-order valence-corrected chi connectivity index (χ1v) is 13.6. The van der Waals surface area contributed by atoms with Crippen LogP contribution in [0.3, 0.4) is 0 Å². The van der Waals surface area contributed by atoms with Gasteiger partial charge in [-0.25, -0.2) is 19.9 Å². The van der Waals surface area contributed by atoms with E-state index in [0.717, 1.165) is 34.4 Å². The second-order valence-corrected chi connectivity index (χ2v) is 10.4. The van der Waals surface area contributed by atoms with Gasteiger partial charge in [0.1, 0.15) is 17.4 Å². The summed E-state index contributed by atoms with van der Waals surface area (Å²) in [5, 5.41) is 1.76. The molecule has 0 radical (unpaired) electrons. The Morgan fingerprint density at radius 1 is 1.03 bits per heavy atom. The number of hydrogen-bond donors (Lipinski definition) is 0. The molecule has 35 heavy (non-hydrogen) atoms. The molecule has 6 nitrogen and oxygen atoms in total. The molecule has 0 saturated heterocycles. The number of carbonyl (C=O) groups is 1. The van der Waals surface area contributed by atoms with Crippen molar-refractivity contribution in [1.82, 2.24) is 19.9 Å². The third-order valence-corrected chi connectivity index (χ3v) is 6.92. The van der Waals surface area contributed by atoms with E-state index < -0.39 is 0 Å². The SMILES string of the molecule is CC(=O)CSc1ncccn1.CCCC1CCC(C)CC1.Cc1nc(N(C)C)c2ccccc2n1. The summed E-state index contributed by atoms with van der Waals surface area (Å²) >= 11 is 1.36. The molecular weight excluding hydrogens is 454 g/mol. The Morgan fingerprint density at radius 3 is 2.29 bits per heavy atom. The molecule has 0 aliphatic heterocycles. The van der Waals surface area contributed by atoms with Crippen LogP contribution in [0.15, 0.2) is 47.9 Å². The maximum absolute atomic E-state index is 10.5. The van der Waals surface area contributed by atoms with E-state index in [0.29, 0.717) is 10.9 Å². The largest absolute Gasteiger partial charge is 0.362 e. The van der Waals surface area contributed by atoms with Crippen molar-refractivity contribution in [3.05, 3.63) is 48.5 Å². The van der Waals surface area contributed by atoms with Gasteiger partial charge in [-0.15, -0.1) is 0 Å². The number of anilines is 1. The molecule has 4 rings (SSSR count). The minimum Gasteiger partial charge on any atom is -0.362 e. The minimum atomic E-state index is 0.141. The lowest BCUT2D eigenvalue weighted by atomic mass is 9.81. The number of para-hydroxylation sites is 1. The Balaban J connectivity index is 0.000000189. The maximum Gasteiger partial charge on any atom is 0.187 e. The van der Waals surface area contributed by atoms with Crippen LogP contribution in [0.25, 0.3) is 10.9 Å². The van der Waals surface area contributed by atoms with Crippen molar-refractivity contribution in [3.63, 3.8) is 0 Å². The van der Waals surface area contributed by atoms with Crippen LogP contribution in [-0.4, -0.2) is 45.6 Å². The van der Waals surface area contributed by atoms with Crippen molar-refractivity contribution in [2.45, 2.75) is 71.4 Å². The monoisotopic (exact) mass is 495 g/mol. The van der Waals surface area contributed by atoms with Crippen molar-refractivity contribution >= 4 is 34.3 Å².